The van der Waals surface area contributed by atoms with Gasteiger partial charge in [0.05, 0.1) is 12.7 Å². The highest BCUT2D eigenvalue weighted by atomic mass is 16.5. The predicted octanol–water partition coefficient (Wildman–Crippen LogP) is -0.293. The van der Waals surface area contributed by atoms with Crippen LogP contribution in [0.4, 0.5) is 11.8 Å². The number of ether oxygens (including phenoxy) is 1. The predicted molar refractivity (Wildman–Crippen MR) is 67.4 cm³/mol. The second kappa shape index (κ2) is 5.29. The van der Waals surface area contributed by atoms with E-state index in [2.05, 4.69) is 14.9 Å². The zero-order valence-corrected chi connectivity index (χ0v) is 10.3. The Bertz CT molecular complexity index is 371. The van der Waals surface area contributed by atoms with E-state index >= 15 is 0 Å². The minimum atomic E-state index is 0.0986. The summed E-state index contributed by atoms with van der Waals surface area (Å²) in [5, 5.41) is 0. The lowest BCUT2D eigenvalue weighted by Gasteiger charge is -2.33. The Hall–Kier alpha value is -1.40. The molecule has 1 fully saturated rings. The summed E-state index contributed by atoms with van der Waals surface area (Å²) in [5.41, 5.74) is 5.63. The van der Waals surface area contributed by atoms with Crippen molar-refractivity contribution in [1.82, 2.24) is 9.97 Å². The molecule has 6 heteroatoms. The molecular formula is C11H19N5O. The molecule has 2 heterocycles. The zero-order chi connectivity index (χ0) is 12.3. The summed E-state index contributed by atoms with van der Waals surface area (Å²) in [6.45, 7) is 2.88. The van der Waals surface area contributed by atoms with Crippen molar-refractivity contribution in [2.24, 2.45) is 5.73 Å². The standard InChI is InChI=1S/C11H19N5O/c1-15(2)11-13-4-3-10(14-11)16-5-6-17-9(7-12)8-16/h3-4,9H,5-8,12H2,1-2H3. The molecule has 1 unspecified atom stereocenters. The van der Waals surface area contributed by atoms with Gasteiger partial charge in [0.1, 0.15) is 5.82 Å². The van der Waals surface area contributed by atoms with Crippen LogP contribution < -0.4 is 15.5 Å². The fraction of sp³-hybridized carbons (Fsp3) is 0.636. The second-order valence-corrected chi connectivity index (χ2v) is 4.28. The molecule has 0 amide bonds. The van der Waals surface area contributed by atoms with Crippen LogP contribution in [0.2, 0.25) is 0 Å². The summed E-state index contributed by atoms with van der Waals surface area (Å²) in [6.07, 6.45) is 1.88. The Labute approximate surface area is 101 Å². The first kappa shape index (κ1) is 12.1. The van der Waals surface area contributed by atoms with Gasteiger partial charge in [-0.1, -0.05) is 0 Å². The number of nitrogens with zero attached hydrogens (tertiary/aromatic N) is 4. The first-order valence-electron chi connectivity index (χ1n) is 5.77. The molecule has 1 aliphatic heterocycles. The first-order chi connectivity index (χ1) is 8.20. The van der Waals surface area contributed by atoms with Crippen molar-refractivity contribution >= 4 is 11.8 Å². The Morgan fingerprint density at radius 2 is 2.41 bits per heavy atom. The number of rotatable bonds is 3. The molecule has 17 heavy (non-hydrogen) atoms. The van der Waals surface area contributed by atoms with Crippen molar-refractivity contribution in [2.75, 3.05) is 50.1 Å². The summed E-state index contributed by atoms with van der Waals surface area (Å²) in [7, 11) is 3.86. The number of morpholine rings is 1. The average molecular weight is 237 g/mol. The van der Waals surface area contributed by atoms with E-state index < -0.39 is 0 Å². The van der Waals surface area contributed by atoms with Gasteiger partial charge in [0, 0.05) is 39.9 Å². The maximum absolute atomic E-state index is 5.63. The highest BCUT2D eigenvalue weighted by Gasteiger charge is 2.20. The van der Waals surface area contributed by atoms with Crippen molar-refractivity contribution in [2.45, 2.75) is 6.10 Å². The maximum Gasteiger partial charge on any atom is 0.226 e. The third-order valence-corrected chi connectivity index (χ3v) is 2.75. The Morgan fingerprint density at radius 1 is 1.59 bits per heavy atom. The van der Waals surface area contributed by atoms with Crippen LogP contribution in [0.3, 0.4) is 0 Å². The lowest BCUT2D eigenvalue weighted by atomic mass is 10.2. The molecule has 1 aromatic heterocycles. The van der Waals surface area contributed by atoms with Crippen molar-refractivity contribution < 1.29 is 4.74 Å². The first-order valence-corrected chi connectivity index (χ1v) is 5.77. The van der Waals surface area contributed by atoms with Gasteiger partial charge in [-0.3, -0.25) is 0 Å². The number of anilines is 2. The van der Waals surface area contributed by atoms with Crippen molar-refractivity contribution in [3.63, 3.8) is 0 Å². The molecule has 1 saturated heterocycles. The topological polar surface area (TPSA) is 67.5 Å². The molecule has 1 aliphatic rings. The number of hydrogen-bond acceptors (Lipinski definition) is 6. The zero-order valence-electron chi connectivity index (χ0n) is 10.3. The molecule has 1 aromatic rings. The van der Waals surface area contributed by atoms with Crippen LogP contribution in [0, 0.1) is 0 Å². The summed E-state index contributed by atoms with van der Waals surface area (Å²) in [5.74, 6) is 1.66. The van der Waals surface area contributed by atoms with Crippen molar-refractivity contribution in [3.05, 3.63) is 12.3 Å². The van der Waals surface area contributed by atoms with Gasteiger partial charge in [0.25, 0.3) is 0 Å². The number of nitrogens with two attached hydrogens (primary N) is 1. The van der Waals surface area contributed by atoms with Gasteiger partial charge in [0.15, 0.2) is 0 Å². The average Bonchev–Trinajstić information content (AvgIpc) is 2.39. The molecule has 1 atom stereocenters. The normalized spacial score (nSPS) is 20.4. The summed E-state index contributed by atoms with van der Waals surface area (Å²) in [6, 6.07) is 1.92. The van der Waals surface area contributed by atoms with Gasteiger partial charge in [-0.15, -0.1) is 0 Å². The van der Waals surface area contributed by atoms with E-state index in [1.807, 2.05) is 25.1 Å². The molecule has 94 valence electrons. The van der Waals surface area contributed by atoms with Crippen LogP contribution in [-0.4, -0.2) is 56.4 Å². The number of hydrogen-bond donors (Lipinski definition) is 1. The quantitative estimate of drug-likeness (QED) is 0.779. The Morgan fingerprint density at radius 3 is 3.12 bits per heavy atom. The van der Waals surface area contributed by atoms with E-state index in [-0.39, 0.29) is 6.10 Å². The highest BCUT2D eigenvalue weighted by Crippen LogP contribution is 2.16. The fourth-order valence-corrected chi connectivity index (χ4v) is 1.80. The summed E-state index contributed by atoms with van der Waals surface area (Å²) >= 11 is 0. The van der Waals surface area contributed by atoms with E-state index in [1.54, 1.807) is 6.20 Å². The Balaban J connectivity index is 2.13. The van der Waals surface area contributed by atoms with Gasteiger partial charge < -0.3 is 20.3 Å². The van der Waals surface area contributed by atoms with Crippen LogP contribution in [0.1, 0.15) is 0 Å². The lowest BCUT2D eigenvalue weighted by Crippen LogP contribution is -2.46. The summed E-state index contributed by atoms with van der Waals surface area (Å²) in [4.78, 5) is 12.8. The molecule has 6 nitrogen and oxygen atoms in total. The smallest absolute Gasteiger partial charge is 0.226 e. The van der Waals surface area contributed by atoms with Crippen LogP contribution in [-0.2, 0) is 4.74 Å². The van der Waals surface area contributed by atoms with Gasteiger partial charge in [-0.2, -0.15) is 4.98 Å². The van der Waals surface area contributed by atoms with E-state index in [0.717, 1.165) is 24.9 Å². The molecule has 2 N–H and O–H groups in total. The van der Waals surface area contributed by atoms with Crippen molar-refractivity contribution in [3.8, 4) is 0 Å². The number of aromatic nitrogens is 2. The monoisotopic (exact) mass is 237 g/mol. The fourth-order valence-electron chi connectivity index (χ4n) is 1.80. The van der Waals surface area contributed by atoms with Crippen LogP contribution in [0.25, 0.3) is 0 Å². The minimum absolute atomic E-state index is 0.0986. The molecule has 0 spiro atoms. The van der Waals surface area contributed by atoms with Gasteiger partial charge in [0.2, 0.25) is 5.95 Å². The third-order valence-electron chi connectivity index (χ3n) is 2.75. The van der Waals surface area contributed by atoms with Gasteiger partial charge >= 0.3 is 0 Å². The largest absolute Gasteiger partial charge is 0.373 e. The maximum atomic E-state index is 5.63. The van der Waals surface area contributed by atoms with Gasteiger partial charge in [-0.05, 0) is 6.07 Å². The van der Waals surface area contributed by atoms with E-state index in [4.69, 9.17) is 10.5 Å². The van der Waals surface area contributed by atoms with Crippen LogP contribution in [0.5, 0.6) is 0 Å². The second-order valence-electron chi connectivity index (χ2n) is 4.28. The molecular weight excluding hydrogens is 218 g/mol. The Kier molecular flexibility index (Phi) is 3.75. The van der Waals surface area contributed by atoms with E-state index in [1.165, 1.54) is 0 Å². The van der Waals surface area contributed by atoms with Crippen LogP contribution in [0.15, 0.2) is 12.3 Å². The molecule has 0 aromatic carbocycles. The van der Waals surface area contributed by atoms with E-state index in [9.17, 15) is 0 Å². The highest BCUT2D eigenvalue weighted by molar-refractivity contribution is 5.43. The molecule has 0 saturated carbocycles. The molecule has 2 rings (SSSR count). The summed E-state index contributed by atoms with van der Waals surface area (Å²) < 4.78 is 5.54. The lowest BCUT2D eigenvalue weighted by molar-refractivity contribution is 0.0463. The minimum Gasteiger partial charge on any atom is -0.373 e. The van der Waals surface area contributed by atoms with E-state index in [0.29, 0.717) is 13.2 Å². The molecule has 0 radical (unpaired) electrons. The molecule has 0 bridgehead atoms. The molecule has 0 aliphatic carbocycles. The SMILES string of the molecule is CN(C)c1nccc(N2CCOC(CN)C2)n1. The third kappa shape index (κ3) is 2.83. The van der Waals surface area contributed by atoms with Gasteiger partial charge in [-0.25, -0.2) is 4.98 Å². The van der Waals surface area contributed by atoms with Crippen molar-refractivity contribution in [1.29, 1.82) is 0 Å². The van der Waals surface area contributed by atoms with Crippen LogP contribution >= 0.6 is 0 Å².